The van der Waals surface area contributed by atoms with Crippen LogP contribution in [0, 0.1) is 11.3 Å². The molecule has 10 heavy (non-hydrogen) atoms. The molecule has 0 unspecified atom stereocenters. The normalized spacial score (nSPS) is 7.40. The van der Waals surface area contributed by atoms with Gasteiger partial charge in [0.15, 0.2) is 0 Å². The van der Waals surface area contributed by atoms with E-state index >= 15 is 0 Å². The fourth-order valence-corrected chi connectivity index (χ4v) is 0.270. The van der Waals surface area contributed by atoms with E-state index in [0.29, 0.717) is 13.0 Å². The Morgan fingerprint density at radius 1 is 1.30 bits per heavy atom. The molecule has 0 fully saturated rings. The molecule has 0 aromatic carbocycles. The third-order valence-corrected chi connectivity index (χ3v) is 0.873. The van der Waals surface area contributed by atoms with E-state index in [1.165, 1.54) is 0 Å². The van der Waals surface area contributed by atoms with E-state index in [2.05, 4.69) is 6.92 Å². The molecule has 0 saturated heterocycles. The summed E-state index contributed by atoms with van der Waals surface area (Å²) in [6, 6.07) is 2.02. The molecule has 0 aromatic heterocycles. The van der Waals surface area contributed by atoms with E-state index in [-0.39, 0.29) is 0 Å². The van der Waals surface area contributed by atoms with Crippen LogP contribution < -0.4 is 0 Å². The summed E-state index contributed by atoms with van der Waals surface area (Å²) in [4.78, 5) is 0. The number of hydrogen-bond acceptors (Lipinski definition) is 2. The van der Waals surface area contributed by atoms with Gasteiger partial charge in [-0.15, -0.1) is 0 Å². The number of nitriles is 1. The molecule has 2 nitrogen and oxygen atoms in total. The van der Waals surface area contributed by atoms with Crippen molar-refractivity contribution in [2.45, 2.75) is 39.5 Å². The van der Waals surface area contributed by atoms with Crippen molar-refractivity contribution in [1.29, 1.82) is 5.26 Å². The SMILES string of the molecule is CCCC#N.CCCCO. The largest absolute Gasteiger partial charge is 0.396 e. The van der Waals surface area contributed by atoms with Crippen LogP contribution in [0.3, 0.4) is 0 Å². The maximum atomic E-state index is 8.07. The highest BCUT2D eigenvalue weighted by molar-refractivity contribution is 4.65. The second-order valence-electron chi connectivity index (χ2n) is 1.99. The van der Waals surface area contributed by atoms with E-state index in [1.807, 2.05) is 13.0 Å². The van der Waals surface area contributed by atoms with Crippen LogP contribution >= 0.6 is 0 Å². The van der Waals surface area contributed by atoms with Crippen molar-refractivity contribution < 1.29 is 5.11 Å². The van der Waals surface area contributed by atoms with E-state index in [1.54, 1.807) is 0 Å². The van der Waals surface area contributed by atoms with Gasteiger partial charge in [0.2, 0.25) is 0 Å². The molecule has 0 amide bonds. The summed E-state index contributed by atoms with van der Waals surface area (Å²) < 4.78 is 0. The zero-order chi connectivity index (χ0) is 8.24. The van der Waals surface area contributed by atoms with Crippen LogP contribution in [0.5, 0.6) is 0 Å². The molecule has 0 aliphatic heterocycles. The highest BCUT2D eigenvalue weighted by Crippen LogP contribution is 1.79. The first-order chi connectivity index (χ1) is 4.83. The summed E-state index contributed by atoms with van der Waals surface area (Å²) in [7, 11) is 0. The molecule has 0 atom stereocenters. The Balaban J connectivity index is 0. The summed E-state index contributed by atoms with van der Waals surface area (Å²) in [5.74, 6) is 0. The summed E-state index contributed by atoms with van der Waals surface area (Å²) in [6.07, 6.45) is 3.72. The van der Waals surface area contributed by atoms with Crippen molar-refractivity contribution in [3.63, 3.8) is 0 Å². The summed E-state index contributed by atoms with van der Waals surface area (Å²) in [6.45, 7) is 4.38. The molecular weight excluding hydrogens is 126 g/mol. The lowest BCUT2D eigenvalue weighted by Gasteiger charge is -1.79. The van der Waals surface area contributed by atoms with Gasteiger partial charge in [-0.1, -0.05) is 20.3 Å². The van der Waals surface area contributed by atoms with Gasteiger partial charge in [-0.25, -0.2) is 0 Å². The summed E-state index contributed by atoms with van der Waals surface area (Å²) in [5.41, 5.74) is 0. The molecule has 60 valence electrons. The Kier molecular flexibility index (Phi) is 19.2. The molecule has 1 N–H and O–H groups in total. The fraction of sp³-hybridized carbons (Fsp3) is 0.875. The number of hydrogen-bond donors (Lipinski definition) is 1. The first-order valence-corrected chi connectivity index (χ1v) is 3.81. The van der Waals surface area contributed by atoms with Gasteiger partial charge in [0.05, 0.1) is 6.07 Å². The van der Waals surface area contributed by atoms with Crippen LogP contribution in [0.1, 0.15) is 39.5 Å². The highest BCUT2D eigenvalue weighted by Gasteiger charge is 1.69. The van der Waals surface area contributed by atoms with Crippen LogP contribution in [0.2, 0.25) is 0 Å². The minimum absolute atomic E-state index is 0.344. The topological polar surface area (TPSA) is 44.0 Å². The summed E-state index contributed by atoms with van der Waals surface area (Å²) in [5, 5.41) is 15.9. The van der Waals surface area contributed by atoms with Crippen molar-refractivity contribution in [2.24, 2.45) is 0 Å². The van der Waals surface area contributed by atoms with E-state index < -0.39 is 0 Å². The average Bonchev–Trinajstić information content (AvgIpc) is 1.93. The molecule has 0 aromatic rings. The van der Waals surface area contributed by atoms with Crippen molar-refractivity contribution in [1.82, 2.24) is 0 Å². The Morgan fingerprint density at radius 3 is 1.90 bits per heavy atom. The lowest BCUT2D eigenvalue weighted by Crippen LogP contribution is -1.75. The van der Waals surface area contributed by atoms with Gasteiger partial charge < -0.3 is 5.11 Å². The number of rotatable bonds is 3. The Labute approximate surface area is 63.5 Å². The zero-order valence-electron chi connectivity index (χ0n) is 6.93. The standard InChI is InChI=1S/C4H7N.C4H10O/c2*1-2-3-4-5/h2-3H2,1H3;5H,2-4H2,1H3. The molecule has 0 heterocycles. The quantitative estimate of drug-likeness (QED) is 0.657. The van der Waals surface area contributed by atoms with Crippen LogP contribution in [-0.4, -0.2) is 11.7 Å². The molecule has 0 spiro atoms. The van der Waals surface area contributed by atoms with Gasteiger partial charge in [-0.2, -0.15) is 5.26 Å². The Hall–Kier alpha value is -0.550. The van der Waals surface area contributed by atoms with Gasteiger partial charge in [-0.3, -0.25) is 0 Å². The van der Waals surface area contributed by atoms with Gasteiger partial charge >= 0.3 is 0 Å². The molecule has 2 heteroatoms. The Morgan fingerprint density at radius 2 is 1.90 bits per heavy atom. The third kappa shape index (κ3) is 26.0. The van der Waals surface area contributed by atoms with E-state index in [4.69, 9.17) is 10.4 Å². The predicted molar refractivity (Wildman–Crippen MR) is 42.5 cm³/mol. The van der Waals surface area contributed by atoms with E-state index in [9.17, 15) is 0 Å². The first kappa shape index (κ1) is 12.2. The highest BCUT2D eigenvalue weighted by atomic mass is 16.2. The van der Waals surface area contributed by atoms with Crippen LogP contribution in [0.25, 0.3) is 0 Å². The number of aliphatic hydroxyl groups excluding tert-OH is 1. The molecule has 0 aliphatic rings. The minimum Gasteiger partial charge on any atom is -0.396 e. The minimum atomic E-state index is 0.344. The predicted octanol–water partition coefficient (Wildman–Crippen LogP) is 2.09. The number of aliphatic hydroxyl groups is 1. The average molecular weight is 143 g/mol. The smallest absolute Gasteiger partial charge is 0.0621 e. The Bertz CT molecular complexity index is 73.8. The van der Waals surface area contributed by atoms with Crippen molar-refractivity contribution >= 4 is 0 Å². The lowest BCUT2D eigenvalue weighted by molar-refractivity contribution is 0.287. The van der Waals surface area contributed by atoms with Crippen molar-refractivity contribution in [3.8, 4) is 6.07 Å². The molecule has 0 rings (SSSR count). The number of nitrogens with zero attached hydrogens (tertiary/aromatic N) is 1. The van der Waals surface area contributed by atoms with Gasteiger partial charge in [0.1, 0.15) is 0 Å². The van der Waals surface area contributed by atoms with Crippen molar-refractivity contribution in [2.75, 3.05) is 6.61 Å². The molecular formula is C8H17NO. The first-order valence-electron chi connectivity index (χ1n) is 3.81. The summed E-state index contributed by atoms with van der Waals surface area (Å²) >= 11 is 0. The molecule has 0 radical (unpaired) electrons. The van der Waals surface area contributed by atoms with Gasteiger partial charge in [-0.05, 0) is 12.8 Å². The maximum Gasteiger partial charge on any atom is 0.0621 e. The van der Waals surface area contributed by atoms with Gasteiger partial charge in [0.25, 0.3) is 0 Å². The third-order valence-electron chi connectivity index (χ3n) is 0.873. The van der Waals surface area contributed by atoms with Crippen LogP contribution in [-0.2, 0) is 0 Å². The van der Waals surface area contributed by atoms with E-state index in [0.717, 1.165) is 19.3 Å². The van der Waals surface area contributed by atoms with Crippen LogP contribution in [0.15, 0.2) is 0 Å². The lowest BCUT2D eigenvalue weighted by atomic mass is 10.4. The van der Waals surface area contributed by atoms with Crippen molar-refractivity contribution in [3.05, 3.63) is 0 Å². The number of unbranched alkanes of at least 4 members (excludes halogenated alkanes) is 2. The second-order valence-corrected chi connectivity index (χ2v) is 1.99. The molecule has 0 aliphatic carbocycles. The van der Waals surface area contributed by atoms with Crippen LogP contribution in [0.4, 0.5) is 0 Å². The molecule has 0 saturated carbocycles. The monoisotopic (exact) mass is 143 g/mol. The zero-order valence-corrected chi connectivity index (χ0v) is 6.93. The fourth-order valence-electron chi connectivity index (χ4n) is 0.270. The molecule has 0 bridgehead atoms. The maximum absolute atomic E-state index is 8.07. The van der Waals surface area contributed by atoms with Gasteiger partial charge in [0, 0.05) is 13.0 Å². The second kappa shape index (κ2) is 15.8.